The third-order valence-electron chi connectivity index (χ3n) is 6.82. The molecule has 0 saturated heterocycles. The van der Waals surface area contributed by atoms with Crippen LogP contribution in [0.4, 0.5) is 0 Å². The molecule has 0 N–H and O–H groups in total. The standard InChI is InChI=1S/C32H30N8O/c1-5-15-33-27(9-1)21-39(22-28-10-2-6-16-34-28)19-25-13-14-26(32-31(25)37-41-38-32)20-40(23-29-11-3-7-17-35-29)24-30-12-4-8-18-36-30/h1-18H,19-24H2. The molecule has 0 aliphatic carbocycles. The number of hydrogen-bond donors (Lipinski definition) is 0. The molecule has 0 amide bonds. The maximum Gasteiger partial charge on any atom is 0.140 e. The fourth-order valence-corrected chi connectivity index (χ4v) is 4.92. The molecular formula is C32H30N8O. The largest absolute Gasteiger partial charge is 0.287 e. The minimum absolute atomic E-state index is 0.643. The van der Waals surface area contributed by atoms with E-state index in [0.717, 1.165) is 44.9 Å². The van der Waals surface area contributed by atoms with Crippen LogP contribution in [-0.4, -0.2) is 40.0 Å². The van der Waals surface area contributed by atoms with Crippen molar-refractivity contribution in [2.75, 3.05) is 0 Å². The molecule has 0 aliphatic heterocycles. The second-order valence-electron chi connectivity index (χ2n) is 9.92. The van der Waals surface area contributed by atoms with E-state index in [1.165, 1.54) is 0 Å². The predicted molar refractivity (Wildman–Crippen MR) is 155 cm³/mol. The lowest BCUT2D eigenvalue weighted by Crippen LogP contribution is -2.24. The van der Waals surface area contributed by atoms with Gasteiger partial charge in [0.05, 0.1) is 22.8 Å². The van der Waals surface area contributed by atoms with Crippen molar-refractivity contribution < 1.29 is 4.63 Å². The summed E-state index contributed by atoms with van der Waals surface area (Å²) in [4.78, 5) is 22.8. The highest BCUT2D eigenvalue weighted by atomic mass is 16.6. The number of pyridine rings is 4. The van der Waals surface area contributed by atoms with Crippen LogP contribution in [0, 0.1) is 0 Å². The predicted octanol–water partition coefficient (Wildman–Crippen LogP) is 5.21. The van der Waals surface area contributed by atoms with Crippen molar-refractivity contribution in [3.05, 3.63) is 144 Å². The highest BCUT2D eigenvalue weighted by Gasteiger charge is 2.19. The highest BCUT2D eigenvalue weighted by Crippen LogP contribution is 2.24. The molecule has 0 aliphatic rings. The van der Waals surface area contributed by atoms with E-state index in [1.807, 2.05) is 97.6 Å². The molecule has 6 aromatic rings. The Labute approximate surface area is 238 Å². The summed E-state index contributed by atoms with van der Waals surface area (Å²) in [5.74, 6) is 0. The quantitative estimate of drug-likeness (QED) is 0.206. The molecule has 0 radical (unpaired) electrons. The lowest BCUT2D eigenvalue weighted by molar-refractivity contribution is 0.241. The normalized spacial score (nSPS) is 11.5. The van der Waals surface area contributed by atoms with E-state index in [0.29, 0.717) is 39.3 Å². The van der Waals surface area contributed by atoms with Crippen LogP contribution in [0.25, 0.3) is 11.0 Å². The van der Waals surface area contributed by atoms with E-state index in [4.69, 9.17) is 4.63 Å². The molecule has 1 aromatic carbocycles. The number of aromatic nitrogens is 6. The van der Waals surface area contributed by atoms with Crippen molar-refractivity contribution in [1.82, 2.24) is 40.0 Å². The Morgan fingerprint density at radius 3 is 1.05 bits per heavy atom. The zero-order valence-electron chi connectivity index (χ0n) is 22.6. The van der Waals surface area contributed by atoms with E-state index < -0.39 is 0 Å². The molecular weight excluding hydrogens is 512 g/mol. The van der Waals surface area contributed by atoms with Crippen LogP contribution in [0.5, 0.6) is 0 Å². The fraction of sp³-hybridized carbons (Fsp3) is 0.188. The van der Waals surface area contributed by atoms with Crippen molar-refractivity contribution in [1.29, 1.82) is 0 Å². The summed E-state index contributed by atoms with van der Waals surface area (Å²) >= 11 is 0. The lowest BCUT2D eigenvalue weighted by atomic mass is 10.1. The summed E-state index contributed by atoms with van der Waals surface area (Å²) in [6, 6.07) is 28.2. The van der Waals surface area contributed by atoms with Gasteiger partial charge < -0.3 is 0 Å². The van der Waals surface area contributed by atoms with Crippen molar-refractivity contribution in [3.8, 4) is 0 Å². The smallest absolute Gasteiger partial charge is 0.140 e. The summed E-state index contributed by atoms with van der Waals surface area (Å²) in [5.41, 5.74) is 7.60. The zero-order valence-corrected chi connectivity index (χ0v) is 22.6. The number of hydrogen-bond acceptors (Lipinski definition) is 9. The SMILES string of the molecule is c1ccc(CN(Cc2ccccn2)Cc2ccc(CN(Cc3ccccn3)Cc3ccccn3)c3nonc23)nc1. The molecule has 6 rings (SSSR count). The van der Waals surface area contributed by atoms with Crippen LogP contribution in [0.15, 0.2) is 114 Å². The van der Waals surface area contributed by atoms with Gasteiger partial charge in [-0.2, -0.15) is 0 Å². The van der Waals surface area contributed by atoms with Gasteiger partial charge in [-0.25, -0.2) is 4.63 Å². The van der Waals surface area contributed by atoms with Crippen LogP contribution in [-0.2, 0) is 39.3 Å². The Balaban J connectivity index is 1.26. The summed E-state index contributed by atoms with van der Waals surface area (Å²) in [7, 11) is 0. The van der Waals surface area contributed by atoms with Crippen LogP contribution >= 0.6 is 0 Å². The van der Waals surface area contributed by atoms with Crippen molar-refractivity contribution >= 4 is 11.0 Å². The molecule has 204 valence electrons. The topological polar surface area (TPSA) is 97.0 Å². The average molecular weight is 543 g/mol. The first-order chi connectivity index (χ1) is 20.3. The van der Waals surface area contributed by atoms with Gasteiger partial charge in [0.15, 0.2) is 0 Å². The molecule has 5 heterocycles. The summed E-state index contributed by atoms with van der Waals surface area (Å²) in [6.07, 6.45) is 7.30. The first kappa shape index (κ1) is 26.4. The summed E-state index contributed by atoms with van der Waals surface area (Å²) in [6.45, 7) is 3.98. The average Bonchev–Trinajstić information content (AvgIpc) is 3.52. The second kappa shape index (κ2) is 13.0. The number of rotatable bonds is 12. The molecule has 0 unspecified atom stereocenters. The number of fused-ring (bicyclic) bond motifs is 1. The van der Waals surface area contributed by atoms with Crippen molar-refractivity contribution in [3.63, 3.8) is 0 Å². The van der Waals surface area contributed by atoms with E-state index in [1.54, 1.807) is 0 Å². The third-order valence-corrected chi connectivity index (χ3v) is 6.82. The van der Waals surface area contributed by atoms with Crippen molar-refractivity contribution in [2.24, 2.45) is 0 Å². The van der Waals surface area contributed by atoms with Gasteiger partial charge in [0.2, 0.25) is 0 Å². The first-order valence-electron chi connectivity index (χ1n) is 13.6. The molecule has 0 atom stereocenters. The van der Waals surface area contributed by atoms with Crippen molar-refractivity contribution in [2.45, 2.75) is 39.3 Å². The maximum atomic E-state index is 5.30. The van der Waals surface area contributed by atoms with Gasteiger partial charge in [0.25, 0.3) is 0 Å². The van der Waals surface area contributed by atoms with Gasteiger partial charge in [-0.1, -0.05) is 36.4 Å². The summed E-state index contributed by atoms with van der Waals surface area (Å²) in [5, 5.41) is 8.67. The minimum atomic E-state index is 0.643. The minimum Gasteiger partial charge on any atom is -0.287 e. The molecule has 0 bridgehead atoms. The van der Waals surface area contributed by atoms with Gasteiger partial charge in [0, 0.05) is 64.1 Å². The first-order valence-corrected chi connectivity index (χ1v) is 13.6. The van der Waals surface area contributed by atoms with E-state index in [-0.39, 0.29) is 0 Å². The van der Waals surface area contributed by atoms with Gasteiger partial charge in [-0.05, 0) is 70.0 Å². The van der Waals surface area contributed by atoms with E-state index >= 15 is 0 Å². The van der Waals surface area contributed by atoms with Gasteiger partial charge in [-0.15, -0.1) is 0 Å². The summed E-state index contributed by atoms with van der Waals surface area (Å²) < 4.78 is 5.30. The Bertz CT molecular complexity index is 1440. The monoisotopic (exact) mass is 542 g/mol. The fourth-order valence-electron chi connectivity index (χ4n) is 4.92. The highest BCUT2D eigenvalue weighted by molar-refractivity contribution is 5.80. The second-order valence-corrected chi connectivity index (χ2v) is 9.92. The number of nitrogens with zero attached hydrogens (tertiary/aromatic N) is 8. The molecule has 0 spiro atoms. The molecule has 5 aromatic heterocycles. The third kappa shape index (κ3) is 7.02. The molecule has 0 fully saturated rings. The van der Waals surface area contributed by atoms with Crippen LogP contribution in [0.1, 0.15) is 33.9 Å². The van der Waals surface area contributed by atoms with Gasteiger partial charge in [-0.3, -0.25) is 29.7 Å². The Morgan fingerprint density at radius 2 is 0.756 bits per heavy atom. The van der Waals surface area contributed by atoms with E-state index in [9.17, 15) is 0 Å². The van der Waals surface area contributed by atoms with Crippen LogP contribution in [0.3, 0.4) is 0 Å². The maximum absolute atomic E-state index is 5.30. The molecule has 9 nitrogen and oxygen atoms in total. The van der Waals surface area contributed by atoms with Gasteiger partial charge in [0.1, 0.15) is 11.0 Å². The molecule has 0 saturated carbocycles. The molecule has 9 heteroatoms. The molecule has 41 heavy (non-hydrogen) atoms. The van der Waals surface area contributed by atoms with Gasteiger partial charge >= 0.3 is 0 Å². The number of benzene rings is 1. The van der Waals surface area contributed by atoms with E-state index in [2.05, 4.69) is 52.2 Å². The Morgan fingerprint density at radius 1 is 0.415 bits per heavy atom. The lowest BCUT2D eigenvalue weighted by Gasteiger charge is -2.23. The zero-order chi connectivity index (χ0) is 27.7. The van der Waals surface area contributed by atoms with Crippen LogP contribution < -0.4 is 0 Å². The Kier molecular flexibility index (Phi) is 8.36. The van der Waals surface area contributed by atoms with Crippen LogP contribution in [0.2, 0.25) is 0 Å². The Hall–Kier alpha value is -4.86.